The number of nitrogen functional groups attached to an aromatic ring is 1. The molecule has 0 spiro atoms. The largest absolute Gasteiger partial charge is 0.379 e. The Kier molecular flexibility index (Phi) is 1.70. The fourth-order valence-electron chi connectivity index (χ4n) is 1.00. The number of hydrogen-bond donors (Lipinski definition) is 1. The van der Waals surface area contributed by atoms with Gasteiger partial charge in [0.25, 0.3) is 0 Å². The fraction of sp³-hybridized carbons (Fsp3) is 0. The van der Waals surface area contributed by atoms with E-state index in [-0.39, 0.29) is 11.6 Å². The summed E-state index contributed by atoms with van der Waals surface area (Å²) >= 11 is 0. The summed E-state index contributed by atoms with van der Waals surface area (Å²) in [5.41, 5.74) is 6.56. The highest BCUT2D eigenvalue weighted by atomic mass is 19.1. The van der Waals surface area contributed by atoms with Gasteiger partial charge in [0.15, 0.2) is 11.5 Å². The Labute approximate surface area is 73.1 Å². The van der Waals surface area contributed by atoms with Gasteiger partial charge < -0.3 is 5.73 Å². The third-order valence-electron chi connectivity index (χ3n) is 1.63. The van der Waals surface area contributed by atoms with E-state index in [4.69, 9.17) is 5.73 Å². The first-order valence-electron chi connectivity index (χ1n) is 3.61. The lowest BCUT2D eigenvalue weighted by molar-refractivity contribution is 0.310. The Morgan fingerprint density at radius 2 is 1.85 bits per heavy atom. The van der Waals surface area contributed by atoms with Crippen molar-refractivity contribution in [2.75, 3.05) is 5.73 Å². The summed E-state index contributed by atoms with van der Waals surface area (Å²) in [4.78, 5) is 0. The normalized spacial score (nSPS) is 10.2. The highest BCUT2D eigenvalue weighted by Crippen LogP contribution is 2.21. The van der Waals surface area contributed by atoms with Crippen molar-refractivity contribution in [3.63, 3.8) is 0 Å². The third-order valence-corrected chi connectivity index (χ3v) is 1.63. The van der Waals surface area contributed by atoms with Gasteiger partial charge in [0, 0.05) is 5.56 Å². The Morgan fingerprint density at radius 1 is 1.15 bits per heavy atom. The van der Waals surface area contributed by atoms with Crippen LogP contribution < -0.4 is 5.73 Å². The molecule has 0 aliphatic rings. The molecule has 0 saturated heterocycles. The SMILES string of the molecule is Nc1nonc1-c1ccc(F)cc1. The molecule has 0 aliphatic heterocycles. The van der Waals surface area contributed by atoms with Gasteiger partial charge in [-0.25, -0.2) is 9.02 Å². The molecule has 0 saturated carbocycles. The minimum absolute atomic E-state index is 0.201. The molecule has 0 radical (unpaired) electrons. The van der Waals surface area contributed by atoms with Crippen molar-refractivity contribution in [1.82, 2.24) is 10.3 Å². The zero-order valence-corrected chi connectivity index (χ0v) is 6.57. The smallest absolute Gasteiger partial charge is 0.196 e. The van der Waals surface area contributed by atoms with Crippen molar-refractivity contribution in [2.24, 2.45) is 0 Å². The van der Waals surface area contributed by atoms with Crippen molar-refractivity contribution >= 4 is 5.82 Å². The minimum atomic E-state index is -0.307. The van der Waals surface area contributed by atoms with E-state index in [9.17, 15) is 4.39 Å². The van der Waals surface area contributed by atoms with Gasteiger partial charge in [-0.05, 0) is 34.6 Å². The Hall–Kier alpha value is -1.91. The van der Waals surface area contributed by atoms with Crippen LogP contribution in [-0.2, 0) is 0 Å². The standard InChI is InChI=1S/C8H6FN3O/c9-6-3-1-5(2-4-6)7-8(10)12-13-11-7/h1-4H,(H2,10,12). The second-order valence-corrected chi connectivity index (χ2v) is 2.50. The van der Waals surface area contributed by atoms with Crippen molar-refractivity contribution in [3.8, 4) is 11.3 Å². The van der Waals surface area contributed by atoms with Gasteiger partial charge >= 0.3 is 0 Å². The van der Waals surface area contributed by atoms with Crippen LogP contribution in [-0.4, -0.2) is 10.3 Å². The second-order valence-electron chi connectivity index (χ2n) is 2.50. The summed E-state index contributed by atoms with van der Waals surface area (Å²) in [6.07, 6.45) is 0. The molecule has 66 valence electrons. The summed E-state index contributed by atoms with van der Waals surface area (Å²) in [5.74, 6) is -0.106. The first kappa shape index (κ1) is 7.72. The molecule has 13 heavy (non-hydrogen) atoms. The summed E-state index contributed by atoms with van der Waals surface area (Å²) in [6, 6.07) is 5.77. The summed E-state index contributed by atoms with van der Waals surface area (Å²) in [5, 5.41) is 7.00. The van der Waals surface area contributed by atoms with Crippen LogP contribution in [0.1, 0.15) is 0 Å². The molecular formula is C8H6FN3O. The molecule has 4 nitrogen and oxygen atoms in total. The predicted molar refractivity (Wildman–Crippen MR) is 44.1 cm³/mol. The van der Waals surface area contributed by atoms with E-state index < -0.39 is 0 Å². The van der Waals surface area contributed by atoms with Crippen LogP contribution in [0.4, 0.5) is 10.2 Å². The van der Waals surface area contributed by atoms with E-state index in [0.29, 0.717) is 11.3 Å². The van der Waals surface area contributed by atoms with E-state index in [2.05, 4.69) is 14.9 Å². The maximum Gasteiger partial charge on any atom is 0.196 e. The first-order chi connectivity index (χ1) is 6.27. The van der Waals surface area contributed by atoms with Gasteiger partial charge in [0.05, 0.1) is 0 Å². The summed E-state index contributed by atoms with van der Waals surface area (Å²) in [7, 11) is 0. The van der Waals surface area contributed by atoms with Crippen molar-refractivity contribution < 1.29 is 9.02 Å². The topological polar surface area (TPSA) is 64.9 Å². The van der Waals surface area contributed by atoms with E-state index >= 15 is 0 Å². The molecular weight excluding hydrogens is 173 g/mol. The van der Waals surface area contributed by atoms with Gasteiger partial charge in [-0.15, -0.1) is 0 Å². The molecule has 2 N–H and O–H groups in total. The fourth-order valence-corrected chi connectivity index (χ4v) is 1.00. The predicted octanol–water partition coefficient (Wildman–Crippen LogP) is 1.46. The summed E-state index contributed by atoms with van der Waals surface area (Å²) in [6.45, 7) is 0. The molecule has 1 aromatic heterocycles. The molecule has 0 amide bonds. The highest BCUT2D eigenvalue weighted by Gasteiger charge is 2.07. The third kappa shape index (κ3) is 1.35. The Balaban J connectivity index is 2.47. The monoisotopic (exact) mass is 179 g/mol. The molecule has 0 atom stereocenters. The molecule has 0 unspecified atom stereocenters. The number of nitrogens with zero attached hydrogens (tertiary/aromatic N) is 2. The molecule has 0 aliphatic carbocycles. The van der Waals surface area contributed by atoms with Gasteiger partial charge in [0.1, 0.15) is 5.82 Å². The lowest BCUT2D eigenvalue weighted by Gasteiger charge is -1.94. The van der Waals surface area contributed by atoms with Gasteiger partial charge in [-0.3, -0.25) is 0 Å². The van der Waals surface area contributed by atoms with Gasteiger partial charge in [-0.2, -0.15) is 0 Å². The molecule has 2 aromatic rings. The molecule has 1 heterocycles. The van der Waals surface area contributed by atoms with E-state index in [1.165, 1.54) is 12.1 Å². The van der Waals surface area contributed by atoms with Crippen LogP contribution in [0.2, 0.25) is 0 Å². The molecule has 1 aromatic carbocycles. The first-order valence-corrected chi connectivity index (χ1v) is 3.61. The molecule has 0 bridgehead atoms. The average Bonchev–Trinajstić information content (AvgIpc) is 2.53. The highest BCUT2D eigenvalue weighted by molar-refractivity contribution is 5.68. The zero-order valence-electron chi connectivity index (χ0n) is 6.57. The van der Waals surface area contributed by atoms with Crippen LogP contribution in [0.25, 0.3) is 11.3 Å². The molecule has 0 fully saturated rings. The maximum absolute atomic E-state index is 12.5. The number of nitrogens with two attached hydrogens (primary N) is 1. The second kappa shape index (κ2) is 2.85. The quantitative estimate of drug-likeness (QED) is 0.719. The van der Waals surface area contributed by atoms with Crippen LogP contribution in [0, 0.1) is 5.82 Å². The Bertz CT molecular complexity index is 410. The molecule has 5 heteroatoms. The molecule has 2 rings (SSSR count). The van der Waals surface area contributed by atoms with Crippen LogP contribution in [0.3, 0.4) is 0 Å². The minimum Gasteiger partial charge on any atom is -0.379 e. The van der Waals surface area contributed by atoms with E-state index in [1.807, 2.05) is 0 Å². The lowest BCUT2D eigenvalue weighted by Crippen LogP contribution is -1.88. The van der Waals surface area contributed by atoms with Gasteiger partial charge in [0.2, 0.25) is 0 Å². The van der Waals surface area contributed by atoms with Crippen molar-refractivity contribution in [1.29, 1.82) is 0 Å². The number of benzene rings is 1. The number of hydrogen-bond acceptors (Lipinski definition) is 4. The zero-order chi connectivity index (χ0) is 9.26. The van der Waals surface area contributed by atoms with E-state index in [1.54, 1.807) is 12.1 Å². The van der Waals surface area contributed by atoms with Crippen molar-refractivity contribution in [2.45, 2.75) is 0 Å². The number of anilines is 1. The number of aromatic nitrogens is 2. The maximum atomic E-state index is 12.5. The van der Waals surface area contributed by atoms with Crippen LogP contribution in [0.5, 0.6) is 0 Å². The van der Waals surface area contributed by atoms with Crippen LogP contribution >= 0.6 is 0 Å². The van der Waals surface area contributed by atoms with Gasteiger partial charge in [-0.1, -0.05) is 0 Å². The number of halogens is 1. The van der Waals surface area contributed by atoms with Crippen molar-refractivity contribution in [3.05, 3.63) is 30.1 Å². The lowest BCUT2D eigenvalue weighted by atomic mass is 10.1. The van der Waals surface area contributed by atoms with Crippen LogP contribution in [0.15, 0.2) is 28.9 Å². The van der Waals surface area contributed by atoms with E-state index in [0.717, 1.165) is 0 Å². The summed E-state index contributed by atoms with van der Waals surface area (Å²) < 4.78 is 16.9. The Morgan fingerprint density at radius 3 is 2.38 bits per heavy atom. The number of rotatable bonds is 1. The average molecular weight is 179 g/mol.